The van der Waals surface area contributed by atoms with Crippen molar-refractivity contribution in [1.82, 2.24) is 10.3 Å². The summed E-state index contributed by atoms with van der Waals surface area (Å²) in [4.78, 5) is 19.3. The maximum atomic E-state index is 12.7. The van der Waals surface area contributed by atoms with Crippen LogP contribution in [0.4, 0.5) is 5.82 Å². The summed E-state index contributed by atoms with van der Waals surface area (Å²) in [6.45, 7) is 1.11. The third-order valence-corrected chi connectivity index (χ3v) is 4.69. The Bertz CT molecular complexity index is 975. The summed E-state index contributed by atoms with van der Waals surface area (Å²) in [6.07, 6.45) is 3.27. The molecule has 1 amide bonds. The number of furan rings is 1. The lowest BCUT2D eigenvalue weighted by molar-refractivity contribution is -0.122. The molecule has 3 aromatic rings. The van der Waals surface area contributed by atoms with E-state index in [-0.39, 0.29) is 11.9 Å². The maximum Gasteiger partial charge on any atom is 0.243 e. The van der Waals surface area contributed by atoms with E-state index in [2.05, 4.69) is 16.4 Å². The molecule has 1 N–H and O–H groups in total. The summed E-state index contributed by atoms with van der Waals surface area (Å²) in [6, 6.07) is 14.9. The van der Waals surface area contributed by atoms with Crippen LogP contribution in [0.3, 0.4) is 0 Å². The molecule has 0 bridgehead atoms. The predicted octanol–water partition coefficient (Wildman–Crippen LogP) is 2.98. The van der Waals surface area contributed by atoms with Gasteiger partial charge in [-0.1, -0.05) is 18.2 Å². The van der Waals surface area contributed by atoms with Crippen LogP contribution < -0.4 is 10.2 Å². The molecule has 3 heterocycles. The van der Waals surface area contributed by atoms with E-state index in [0.29, 0.717) is 17.9 Å². The molecule has 0 unspecified atom stereocenters. The molecule has 6 heteroatoms. The topological polar surface area (TPSA) is 82.2 Å². The largest absolute Gasteiger partial charge is 0.467 e. The van der Waals surface area contributed by atoms with Crippen molar-refractivity contribution < 1.29 is 9.21 Å². The zero-order chi connectivity index (χ0) is 17.9. The number of aromatic nitrogens is 1. The Balaban J connectivity index is 1.59. The number of nitrogens with one attached hydrogen (secondary N) is 1. The third kappa shape index (κ3) is 3.00. The fourth-order valence-corrected chi connectivity index (χ4v) is 3.42. The molecule has 1 aliphatic rings. The van der Waals surface area contributed by atoms with Crippen LogP contribution in [0.5, 0.6) is 0 Å². The number of fused-ring (bicyclic) bond motifs is 1. The molecule has 0 saturated carbocycles. The molecule has 6 nitrogen and oxygen atoms in total. The molecule has 130 valence electrons. The first kappa shape index (κ1) is 16.2. The number of pyridine rings is 1. The number of nitriles is 1. The zero-order valence-electron chi connectivity index (χ0n) is 14.2. The summed E-state index contributed by atoms with van der Waals surface area (Å²) in [7, 11) is 0. The second kappa shape index (κ2) is 6.89. The van der Waals surface area contributed by atoms with Crippen molar-refractivity contribution in [2.45, 2.75) is 25.4 Å². The highest BCUT2D eigenvalue weighted by Crippen LogP contribution is 2.28. The number of carbonyl (C=O) groups is 1. The number of hydrogen-bond donors (Lipinski definition) is 1. The van der Waals surface area contributed by atoms with Crippen LogP contribution in [0.15, 0.2) is 53.1 Å². The third-order valence-electron chi connectivity index (χ3n) is 4.69. The number of nitrogens with zero attached hydrogens (tertiary/aromatic N) is 3. The molecule has 0 aliphatic carbocycles. The minimum absolute atomic E-state index is 0.0487. The Kier molecular flexibility index (Phi) is 4.28. The molecule has 26 heavy (non-hydrogen) atoms. The average Bonchev–Trinajstić information content (AvgIpc) is 3.37. The fourth-order valence-electron chi connectivity index (χ4n) is 3.42. The average molecular weight is 346 g/mol. The standard InChI is InChI=1S/C20H18N4O2/c21-12-14-11-19(23-17-7-2-1-6-16(14)17)24-9-3-8-18(24)20(25)22-13-15-5-4-10-26-15/h1-2,4-7,10-11,18H,3,8-9,13H2,(H,22,25)/t18-/m0/s1. The van der Waals surface area contributed by atoms with Crippen LogP contribution in [-0.4, -0.2) is 23.5 Å². The van der Waals surface area contributed by atoms with Gasteiger partial charge in [-0.25, -0.2) is 4.98 Å². The van der Waals surface area contributed by atoms with Crippen molar-refractivity contribution in [2.75, 3.05) is 11.4 Å². The van der Waals surface area contributed by atoms with Gasteiger partial charge in [0.25, 0.3) is 0 Å². The second-order valence-electron chi connectivity index (χ2n) is 6.31. The van der Waals surface area contributed by atoms with E-state index in [1.54, 1.807) is 18.4 Å². The van der Waals surface area contributed by atoms with Gasteiger partial charge in [-0.05, 0) is 37.1 Å². The van der Waals surface area contributed by atoms with Gasteiger partial charge in [0.2, 0.25) is 5.91 Å². The van der Waals surface area contributed by atoms with E-state index in [9.17, 15) is 10.1 Å². The van der Waals surface area contributed by atoms with E-state index >= 15 is 0 Å². The first-order valence-corrected chi connectivity index (χ1v) is 8.63. The Morgan fingerprint density at radius 1 is 1.35 bits per heavy atom. The van der Waals surface area contributed by atoms with Crippen molar-refractivity contribution in [3.8, 4) is 6.07 Å². The number of amides is 1. The lowest BCUT2D eigenvalue weighted by Gasteiger charge is -2.25. The van der Waals surface area contributed by atoms with Gasteiger partial charge in [0.05, 0.1) is 30.0 Å². The minimum Gasteiger partial charge on any atom is -0.467 e. The number of benzene rings is 1. The molecule has 2 aromatic heterocycles. The number of anilines is 1. The quantitative estimate of drug-likeness (QED) is 0.785. The van der Waals surface area contributed by atoms with Gasteiger partial charge < -0.3 is 14.6 Å². The van der Waals surface area contributed by atoms with E-state index in [1.807, 2.05) is 35.2 Å². The normalized spacial score (nSPS) is 16.6. The highest BCUT2D eigenvalue weighted by Gasteiger charge is 2.32. The molecule has 1 atom stereocenters. The Labute approximate surface area is 151 Å². The van der Waals surface area contributed by atoms with Crippen molar-refractivity contribution in [3.63, 3.8) is 0 Å². The van der Waals surface area contributed by atoms with Gasteiger partial charge >= 0.3 is 0 Å². The van der Waals surface area contributed by atoms with E-state index in [0.717, 1.165) is 36.0 Å². The summed E-state index contributed by atoms with van der Waals surface area (Å²) in [5.74, 6) is 1.35. The monoisotopic (exact) mass is 346 g/mol. The summed E-state index contributed by atoms with van der Waals surface area (Å²) >= 11 is 0. The number of hydrogen-bond acceptors (Lipinski definition) is 5. The van der Waals surface area contributed by atoms with Crippen LogP contribution in [0.25, 0.3) is 10.9 Å². The van der Waals surface area contributed by atoms with E-state index in [1.165, 1.54) is 0 Å². The van der Waals surface area contributed by atoms with Gasteiger partial charge in [0.1, 0.15) is 17.6 Å². The van der Waals surface area contributed by atoms with Crippen LogP contribution in [0.2, 0.25) is 0 Å². The minimum atomic E-state index is -0.287. The maximum absolute atomic E-state index is 12.7. The van der Waals surface area contributed by atoms with Gasteiger partial charge in [-0.15, -0.1) is 0 Å². The number of para-hydroxylation sites is 1. The Morgan fingerprint density at radius 2 is 2.23 bits per heavy atom. The molecule has 1 fully saturated rings. The molecule has 4 rings (SSSR count). The van der Waals surface area contributed by atoms with Crippen LogP contribution in [0, 0.1) is 11.3 Å². The number of rotatable bonds is 4. The summed E-state index contributed by atoms with van der Waals surface area (Å²) < 4.78 is 5.26. The zero-order valence-corrected chi connectivity index (χ0v) is 14.2. The van der Waals surface area contributed by atoms with Gasteiger partial charge in [-0.2, -0.15) is 5.26 Å². The predicted molar refractivity (Wildman–Crippen MR) is 97.4 cm³/mol. The molecule has 0 spiro atoms. The van der Waals surface area contributed by atoms with Gasteiger partial charge in [-0.3, -0.25) is 4.79 Å². The first-order valence-electron chi connectivity index (χ1n) is 8.63. The van der Waals surface area contributed by atoms with E-state index in [4.69, 9.17) is 4.42 Å². The van der Waals surface area contributed by atoms with Crippen molar-refractivity contribution >= 4 is 22.6 Å². The number of carbonyl (C=O) groups excluding carboxylic acids is 1. The lowest BCUT2D eigenvalue weighted by atomic mass is 10.1. The molecule has 1 saturated heterocycles. The van der Waals surface area contributed by atoms with Crippen molar-refractivity contribution in [2.24, 2.45) is 0 Å². The Morgan fingerprint density at radius 3 is 3.04 bits per heavy atom. The van der Waals surface area contributed by atoms with Crippen molar-refractivity contribution in [1.29, 1.82) is 5.26 Å². The molecular formula is C20H18N4O2. The molecule has 0 radical (unpaired) electrons. The second-order valence-corrected chi connectivity index (χ2v) is 6.31. The van der Waals surface area contributed by atoms with Crippen LogP contribution in [-0.2, 0) is 11.3 Å². The van der Waals surface area contributed by atoms with Crippen LogP contribution in [0.1, 0.15) is 24.2 Å². The SMILES string of the molecule is N#Cc1cc(N2CCC[C@H]2C(=O)NCc2ccco2)nc2ccccc12. The smallest absolute Gasteiger partial charge is 0.243 e. The van der Waals surface area contributed by atoms with Gasteiger partial charge in [0.15, 0.2) is 0 Å². The molecule has 1 aliphatic heterocycles. The molecular weight excluding hydrogens is 328 g/mol. The lowest BCUT2D eigenvalue weighted by Crippen LogP contribution is -2.43. The summed E-state index contributed by atoms with van der Waals surface area (Å²) in [5, 5.41) is 13.2. The van der Waals surface area contributed by atoms with Gasteiger partial charge in [0, 0.05) is 11.9 Å². The van der Waals surface area contributed by atoms with E-state index < -0.39 is 0 Å². The Hall–Kier alpha value is -3.33. The van der Waals surface area contributed by atoms with Crippen molar-refractivity contribution in [3.05, 3.63) is 60.1 Å². The highest BCUT2D eigenvalue weighted by atomic mass is 16.3. The fraction of sp³-hybridized carbons (Fsp3) is 0.250. The van der Waals surface area contributed by atoms with Crippen LogP contribution >= 0.6 is 0 Å². The highest BCUT2D eigenvalue weighted by molar-refractivity contribution is 5.89. The first-order chi connectivity index (χ1) is 12.8. The molecule has 1 aromatic carbocycles. The summed E-state index contributed by atoms with van der Waals surface area (Å²) in [5.41, 5.74) is 1.34.